The van der Waals surface area contributed by atoms with Crippen molar-refractivity contribution in [2.24, 2.45) is 0 Å². The van der Waals surface area contributed by atoms with Crippen LogP contribution in [0.15, 0.2) is 29.8 Å². The van der Waals surface area contributed by atoms with Crippen LogP contribution in [0.5, 0.6) is 5.75 Å². The number of hydrogen-bond donors (Lipinski definition) is 2. The lowest BCUT2D eigenvalue weighted by molar-refractivity contribution is 0.251. The van der Waals surface area contributed by atoms with Crippen molar-refractivity contribution in [1.29, 1.82) is 0 Å². The molecule has 0 aliphatic heterocycles. The monoisotopic (exact) mass is 325 g/mol. The first-order valence-corrected chi connectivity index (χ1v) is 7.63. The SMILES string of the molecule is COc1cc(NC(=O)NCC(C)c2nccs2)ccc1Cl. The van der Waals surface area contributed by atoms with E-state index < -0.39 is 0 Å². The van der Waals surface area contributed by atoms with E-state index >= 15 is 0 Å². The van der Waals surface area contributed by atoms with Gasteiger partial charge in [-0.25, -0.2) is 9.78 Å². The number of hydrogen-bond acceptors (Lipinski definition) is 4. The van der Waals surface area contributed by atoms with Gasteiger partial charge in [0.25, 0.3) is 0 Å². The van der Waals surface area contributed by atoms with E-state index in [1.165, 1.54) is 7.11 Å². The Hall–Kier alpha value is -1.79. The first-order valence-electron chi connectivity index (χ1n) is 6.38. The fraction of sp³-hybridized carbons (Fsp3) is 0.286. The molecule has 0 fully saturated rings. The minimum Gasteiger partial charge on any atom is -0.495 e. The predicted octanol–water partition coefficient (Wildman–Crippen LogP) is 3.73. The van der Waals surface area contributed by atoms with E-state index in [0.717, 1.165) is 5.01 Å². The molecule has 0 spiro atoms. The molecule has 2 rings (SSSR count). The summed E-state index contributed by atoms with van der Waals surface area (Å²) >= 11 is 7.51. The van der Waals surface area contributed by atoms with Crippen molar-refractivity contribution < 1.29 is 9.53 Å². The van der Waals surface area contributed by atoms with E-state index in [2.05, 4.69) is 15.6 Å². The maximum Gasteiger partial charge on any atom is 0.319 e. The number of carbonyl (C=O) groups excluding carboxylic acids is 1. The Balaban J connectivity index is 1.87. The third kappa shape index (κ3) is 4.34. The maximum atomic E-state index is 11.9. The van der Waals surface area contributed by atoms with Crippen molar-refractivity contribution in [2.75, 3.05) is 19.0 Å². The van der Waals surface area contributed by atoms with Crippen molar-refractivity contribution >= 4 is 34.7 Å². The van der Waals surface area contributed by atoms with Gasteiger partial charge in [-0.15, -0.1) is 11.3 Å². The molecular weight excluding hydrogens is 310 g/mol. The molecule has 0 bridgehead atoms. The molecule has 0 radical (unpaired) electrons. The number of carbonyl (C=O) groups is 1. The highest BCUT2D eigenvalue weighted by molar-refractivity contribution is 7.09. The number of ether oxygens (including phenoxy) is 1. The molecule has 2 aromatic rings. The van der Waals surface area contributed by atoms with Gasteiger partial charge in [0.15, 0.2) is 0 Å². The molecule has 5 nitrogen and oxygen atoms in total. The summed E-state index contributed by atoms with van der Waals surface area (Å²) in [5, 5.41) is 8.98. The van der Waals surface area contributed by atoms with Gasteiger partial charge in [0, 0.05) is 35.8 Å². The highest BCUT2D eigenvalue weighted by Crippen LogP contribution is 2.27. The first-order chi connectivity index (χ1) is 10.1. The topological polar surface area (TPSA) is 63.2 Å². The number of nitrogens with zero attached hydrogens (tertiary/aromatic N) is 1. The van der Waals surface area contributed by atoms with Crippen LogP contribution in [-0.2, 0) is 0 Å². The van der Waals surface area contributed by atoms with Crippen molar-refractivity contribution in [3.8, 4) is 5.75 Å². The number of thiazole rings is 1. The van der Waals surface area contributed by atoms with Crippen LogP contribution in [0, 0.1) is 0 Å². The number of methoxy groups -OCH3 is 1. The fourth-order valence-corrected chi connectivity index (χ4v) is 2.62. The Morgan fingerprint density at radius 1 is 1.52 bits per heavy atom. The summed E-state index contributed by atoms with van der Waals surface area (Å²) < 4.78 is 5.10. The van der Waals surface area contributed by atoms with Crippen LogP contribution in [0.4, 0.5) is 10.5 Å². The van der Waals surface area contributed by atoms with E-state index in [-0.39, 0.29) is 11.9 Å². The third-order valence-electron chi connectivity index (χ3n) is 2.85. The van der Waals surface area contributed by atoms with Crippen molar-refractivity contribution in [3.63, 3.8) is 0 Å². The molecule has 0 aliphatic carbocycles. The van der Waals surface area contributed by atoms with E-state index in [1.54, 1.807) is 35.7 Å². The number of urea groups is 1. The van der Waals surface area contributed by atoms with Gasteiger partial charge in [-0.1, -0.05) is 18.5 Å². The highest BCUT2D eigenvalue weighted by Gasteiger charge is 2.10. The number of rotatable bonds is 5. The van der Waals surface area contributed by atoms with Crippen LogP contribution in [0.2, 0.25) is 5.02 Å². The van der Waals surface area contributed by atoms with Gasteiger partial charge in [-0.05, 0) is 12.1 Å². The third-order valence-corrected chi connectivity index (χ3v) is 4.17. The van der Waals surface area contributed by atoms with Crippen molar-refractivity contribution in [1.82, 2.24) is 10.3 Å². The second-order valence-corrected chi connectivity index (χ2v) is 5.79. The summed E-state index contributed by atoms with van der Waals surface area (Å²) in [4.78, 5) is 16.1. The lowest BCUT2D eigenvalue weighted by Gasteiger charge is -2.12. The number of halogens is 1. The molecular formula is C14H16ClN3O2S. The van der Waals surface area contributed by atoms with Crippen LogP contribution in [-0.4, -0.2) is 24.7 Å². The van der Waals surface area contributed by atoms with Gasteiger partial charge >= 0.3 is 6.03 Å². The quantitative estimate of drug-likeness (QED) is 0.880. The zero-order chi connectivity index (χ0) is 15.2. The van der Waals surface area contributed by atoms with Gasteiger partial charge in [-0.3, -0.25) is 0 Å². The minimum atomic E-state index is -0.275. The second kappa shape index (κ2) is 7.28. The largest absolute Gasteiger partial charge is 0.495 e. The van der Waals surface area contributed by atoms with Gasteiger partial charge < -0.3 is 15.4 Å². The van der Waals surface area contributed by atoms with E-state index in [4.69, 9.17) is 16.3 Å². The summed E-state index contributed by atoms with van der Waals surface area (Å²) in [7, 11) is 1.53. The number of amides is 2. The Labute approximate surface area is 132 Å². The molecule has 0 saturated heterocycles. The van der Waals surface area contributed by atoms with Crippen LogP contribution in [0.3, 0.4) is 0 Å². The molecule has 7 heteroatoms. The van der Waals surface area contributed by atoms with Gasteiger partial charge in [0.1, 0.15) is 5.75 Å². The first kappa shape index (κ1) is 15.6. The smallest absolute Gasteiger partial charge is 0.319 e. The van der Waals surface area contributed by atoms with Gasteiger partial charge in [0.05, 0.1) is 17.1 Å². The molecule has 0 saturated carbocycles. The van der Waals surface area contributed by atoms with Crippen LogP contribution in [0.1, 0.15) is 17.8 Å². The number of nitrogens with one attached hydrogen (secondary N) is 2. The normalized spacial score (nSPS) is 11.8. The molecule has 1 unspecified atom stereocenters. The van der Waals surface area contributed by atoms with E-state index in [0.29, 0.717) is 23.0 Å². The molecule has 1 aromatic heterocycles. The average molecular weight is 326 g/mol. The van der Waals surface area contributed by atoms with E-state index in [9.17, 15) is 4.79 Å². The van der Waals surface area contributed by atoms with Crippen LogP contribution >= 0.6 is 22.9 Å². The Morgan fingerprint density at radius 3 is 3.00 bits per heavy atom. The molecule has 1 atom stereocenters. The summed E-state index contributed by atoms with van der Waals surface area (Å²) in [5.74, 6) is 0.695. The maximum absolute atomic E-state index is 11.9. The van der Waals surface area contributed by atoms with Crippen molar-refractivity contribution in [3.05, 3.63) is 39.8 Å². The minimum absolute atomic E-state index is 0.176. The zero-order valence-electron chi connectivity index (χ0n) is 11.7. The van der Waals surface area contributed by atoms with Gasteiger partial charge in [0.2, 0.25) is 0 Å². The van der Waals surface area contributed by atoms with Crippen LogP contribution in [0.25, 0.3) is 0 Å². The summed E-state index contributed by atoms with van der Waals surface area (Å²) in [6, 6.07) is 4.79. The molecule has 21 heavy (non-hydrogen) atoms. The molecule has 1 heterocycles. The number of benzene rings is 1. The fourth-order valence-electron chi connectivity index (χ4n) is 1.72. The highest BCUT2D eigenvalue weighted by atomic mass is 35.5. The van der Waals surface area contributed by atoms with Gasteiger partial charge in [-0.2, -0.15) is 0 Å². The summed E-state index contributed by atoms with van der Waals surface area (Å²) in [6.45, 7) is 2.54. The molecule has 112 valence electrons. The number of aromatic nitrogens is 1. The van der Waals surface area contributed by atoms with E-state index in [1.807, 2.05) is 12.3 Å². The van der Waals surface area contributed by atoms with Crippen LogP contribution < -0.4 is 15.4 Å². The Bertz CT molecular complexity index is 604. The summed E-state index contributed by atoms with van der Waals surface area (Å²) in [5.41, 5.74) is 0.621. The molecule has 1 aromatic carbocycles. The molecule has 2 N–H and O–H groups in total. The van der Waals surface area contributed by atoms with Crippen molar-refractivity contribution in [2.45, 2.75) is 12.8 Å². The zero-order valence-corrected chi connectivity index (χ0v) is 13.3. The lowest BCUT2D eigenvalue weighted by atomic mass is 10.2. The Kier molecular flexibility index (Phi) is 5.41. The molecule has 0 aliphatic rings. The lowest BCUT2D eigenvalue weighted by Crippen LogP contribution is -2.31. The summed E-state index contributed by atoms with van der Waals surface area (Å²) in [6.07, 6.45) is 1.76. The predicted molar refractivity (Wildman–Crippen MR) is 85.6 cm³/mol. The molecule has 2 amide bonds. The Morgan fingerprint density at radius 2 is 2.33 bits per heavy atom. The standard InChI is InChI=1S/C14H16ClN3O2S/c1-9(13-16-5-6-21-13)8-17-14(19)18-10-3-4-11(15)12(7-10)20-2/h3-7,9H,8H2,1-2H3,(H2,17,18,19). The number of anilines is 1. The average Bonchev–Trinajstić information content (AvgIpc) is 3.01. The second-order valence-electron chi connectivity index (χ2n) is 4.46.